The molecule has 0 unspecified atom stereocenters. The number of phenols is 1. The van der Waals surface area contributed by atoms with E-state index in [9.17, 15) is 9.90 Å². The maximum absolute atomic E-state index is 12.5. The van der Waals surface area contributed by atoms with Gasteiger partial charge in [-0.15, -0.1) is 0 Å². The summed E-state index contributed by atoms with van der Waals surface area (Å²) < 4.78 is 0. The lowest BCUT2D eigenvalue weighted by atomic mass is 10.1. The minimum atomic E-state index is -0.0743. The van der Waals surface area contributed by atoms with Gasteiger partial charge in [0.05, 0.1) is 5.02 Å². The number of fused-ring (bicyclic) bond motifs is 1. The standard InChI is InChI=1S/C17H16ClNO2/c1-19(14-8-11-4-2-3-5-12(11)9-14)17(21)13-6-7-16(20)15(18)10-13/h2-7,10,14,20H,8-9H2,1H3. The summed E-state index contributed by atoms with van der Waals surface area (Å²) in [5.74, 6) is -0.0844. The summed E-state index contributed by atoms with van der Waals surface area (Å²) in [4.78, 5) is 14.3. The summed E-state index contributed by atoms with van der Waals surface area (Å²) >= 11 is 5.87. The highest BCUT2D eigenvalue weighted by Gasteiger charge is 2.27. The monoisotopic (exact) mass is 301 g/mol. The van der Waals surface area contributed by atoms with Crippen molar-refractivity contribution in [2.24, 2.45) is 0 Å². The van der Waals surface area contributed by atoms with Crippen LogP contribution >= 0.6 is 11.6 Å². The molecule has 1 N–H and O–H groups in total. The van der Waals surface area contributed by atoms with Crippen LogP contribution < -0.4 is 0 Å². The van der Waals surface area contributed by atoms with Crippen molar-refractivity contribution in [3.8, 4) is 5.75 Å². The second-order valence-electron chi connectivity index (χ2n) is 5.41. The van der Waals surface area contributed by atoms with Crippen molar-refractivity contribution in [2.45, 2.75) is 18.9 Å². The zero-order chi connectivity index (χ0) is 15.0. The van der Waals surface area contributed by atoms with Crippen LogP contribution in [0.4, 0.5) is 0 Å². The van der Waals surface area contributed by atoms with E-state index in [1.54, 1.807) is 11.0 Å². The Morgan fingerprint density at radius 3 is 2.38 bits per heavy atom. The fourth-order valence-corrected chi connectivity index (χ4v) is 3.00. The highest BCUT2D eigenvalue weighted by molar-refractivity contribution is 6.32. The minimum Gasteiger partial charge on any atom is -0.506 e. The molecule has 0 fully saturated rings. The summed E-state index contributed by atoms with van der Waals surface area (Å²) in [7, 11) is 1.82. The summed E-state index contributed by atoms with van der Waals surface area (Å²) in [5.41, 5.74) is 3.12. The lowest BCUT2D eigenvalue weighted by Crippen LogP contribution is -2.37. The quantitative estimate of drug-likeness (QED) is 0.924. The normalized spacial score (nSPS) is 14.0. The molecule has 0 aliphatic heterocycles. The molecule has 0 heterocycles. The number of amides is 1. The number of carbonyl (C=O) groups excluding carboxylic acids is 1. The Balaban J connectivity index is 1.78. The van der Waals surface area contributed by atoms with Crippen LogP contribution in [0.1, 0.15) is 21.5 Å². The highest BCUT2D eigenvalue weighted by atomic mass is 35.5. The van der Waals surface area contributed by atoms with Crippen LogP contribution in [0.15, 0.2) is 42.5 Å². The van der Waals surface area contributed by atoms with Crippen molar-refractivity contribution in [2.75, 3.05) is 7.05 Å². The van der Waals surface area contributed by atoms with Gasteiger partial charge in [0.2, 0.25) is 0 Å². The first kappa shape index (κ1) is 14.0. The Kier molecular flexibility index (Phi) is 3.60. The SMILES string of the molecule is CN(C(=O)c1ccc(O)c(Cl)c1)C1Cc2ccccc2C1. The smallest absolute Gasteiger partial charge is 0.253 e. The van der Waals surface area contributed by atoms with E-state index in [2.05, 4.69) is 12.1 Å². The molecule has 0 aromatic heterocycles. The number of aromatic hydroxyl groups is 1. The fraction of sp³-hybridized carbons (Fsp3) is 0.235. The Labute approximate surface area is 128 Å². The molecule has 1 aliphatic carbocycles. The van der Waals surface area contributed by atoms with Crippen LogP contribution in [0.25, 0.3) is 0 Å². The predicted molar refractivity (Wildman–Crippen MR) is 82.8 cm³/mol. The molecule has 1 amide bonds. The van der Waals surface area contributed by atoms with Gasteiger partial charge in [0.25, 0.3) is 5.91 Å². The molecule has 1 aliphatic rings. The third kappa shape index (κ3) is 2.61. The van der Waals surface area contributed by atoms with Gasteiger partial charge >= 0.3 is 0 Å². The zero-order valence-electron chi connectivity index (χ0n) is 11.7. The summed E-state index contributed by atoms with van der Waals surface area (Å²) in [6.45, 7) is 0. The van der Waals surface area contributed by atoms with E-state index in [1.807, 2.05) is 19.2 Å². The molecule has 0 atom stereocenters. The topological polar surface area (TPSA) is 40.5 Å². The van der Waals surface area contributed by atoms with Gasteiger partial charge in [-0.05, 0) is 42.2 Å². The van der Waals surface area contributed by atoms with Gasteiger partial charge in [0.1, 0.15) is 5.75 Å². The maximum atomic E-state index is 12.5. The summed E-state index contributed by atoms with van der Waals surface area (Å²) in [6, 6.07) is 13.0. The van der Waals surface area contributed by atoms with E-state index in [0.717, 1.165) is 12.8 Å². The molecule has 2 aromatic carbocycles. The van der Waals surface area contributed by atoms with Crippen LogP contribution in [-0.2, 0) is 12.8 Å². The van der Waals surface area contributed by atoms with Gasteiger partial charge in [0, 0.05) is 18.7 Å². The van der Waals surface area contributed by atoms with Crippen molar-refractivity contribution in [1.29, 1.82) is 0 Å². The van der Waals surface area contributed by atoms with E-state index >= 15 is 0 Å². The Hall–Kier alpha value is -2.00. The summed E-state index contributed by atoms with van der Waals surface area (Å²) in [6.07, 6.45) is 1.76. The van der Waals surface area contributed by atoms with Gasteiger partial charge in [-0.25, -0.2) is 0 Å². The first-order valence-electron chi connectivity index (χ1n) is 6.88. The van der Waals surface area contributed by atoms with Crippen molar-refractivity contribution >= 4 is 17.5 Å². The second-order valence-corrected chi connectivity index (χ2v) is 5.82. The third-order valence-electron chi connectivity index (χ3n) is 4.09. The van der Waals surface area contributed by atoms with E-state index in [-0.39, 0.29) is 22.7 Å². The predicted octanol–water partition coefficient (Wildman–Crippen LogP) is 3.29. The third-order valence-corrected chi connectivity index (χ3v) is 4.39. The van der Waals surface area contributed by atoms with Crippen molar-refractivity contribution in [1.82, 2.24) is 4.90 Å². The van der Waals surface area contributed by atoms with Crippen molar-refractivity contribution in [3.63, 3.8) is 0 Å². The zero-order valence-corrected chi connectivity index (χ0v) is 12.5. The molecular weight excluding hydrogens is 286 g/mol. The Morgan fingerprint density at radius 1 is 1.19 bits per heavy atom. The lowest BCUT2D eigenvalue weighted by molar-refractivity contribution is 0.0737. The second kappa shape index (κ2) is 5.41. The number of benzene rings is 2. The van der Waals surface area contributed by atoms with Crippen LogP contribution in [0.2, 0.25) is 5.02 Å². The first-order chi connectivity index (χ1) is 10.1. The molecule has 4 heteroatoms. The number of hydrogen-bond donors (Lipinski definition) is 1. The summed E-state index contributed by atoms with van der Waals surface area (Å²) in [5, 5.41) is 9.64. The molecule has 0 saturated carbocycles. The average molecular weight is 302 g/mol. The number of hydrogen-bond acceptors (Lipinski definition) is 2. The minimum absolute atomic E-state index is 0.0101. The van der Waals surface area contributed by atoms with Gasteiger partial charge in [-0.2, -0.15) is 0 Å². The number of phenolic OH excluding ortho intramolecular Hbond substituents is 1. The highest BCUT2D eigenvalue weighted by Crippen LogP contribution is 2.27. The van der Waals surface area contributed by atoms with Crippen molar-refractivity contribution in [3.05, 3.63) is 64.2 Å². The lowest BCUT2D eigenvalue weighted by Gasteiger charge is -2.24. The number of carbonyl (C=O) groups is 1. The average Bonchev–Trinajstić information content (AvgIpc) is 2.92. The van der Waals surface area contributed by atoms with E-state index in [4.69, 9.17) is 11.6 Å². The Bertz CT molecular complexity index is 674. The number of rotatable bonds is 2. The van der Waals surface area contributed by atoms with Gasteiger partial charge in [0.15, 0.2) is 0 Å². The van der Waals surface area contributed by atoms with Crippen LogP contribution in [0.3, 0.4) is 0 Å². The Morgan fingerprint density at radius 2 is 1.81 bits per heavy atom. The van der Waals surface area contributed by atoms with Gasteiger partial charge < -0.3 is 10.0 Å². The number of nitrogens with zero attached hydrogens (tertiary/aromatic N) is 1. The maximum Gasteiger partial charge on any atom is 0.253 e. The van der Waals surface area contributed by atoms with E-state index in [1.165, 1.54) is 23.3 Å². The molecule has 0 radical (unpaired) electrons. The number of halogens is 1. The van der Waals surface area contributed by atoms with Gasteiger partial charge in [-0.3, -0.25) is 4.79 Å². The molecule has 3 nitrogen and oxygen atoms in total. The molecule has 3 rings (SSSR count). The van der Waals surface area contributed by atoms with E-state index < -0.39 is 0 Å². The number of likely N-dealkylation sites (N-methyl/N-ethyl adjacent to an activating group) is 1. The van der Waals surface area contributed by atoms with Crippen LogP contribution in [0, 0.1) is 0 Å². The van der Waals surface area contributed by atoms with Gasteiger partial charge in [-0.1, -0.05) is 35.9 Å². The largest absolute Gasteiger partial charge is 0.506 e. The fourth-order valence-electron chi connectivity index (χ4n) is 2.82. The molecule has 108 valence electrons. The van der Waals surface area contributed by atoms with E-state index in [0.29, 0.717) is 5.56 Å². The molecule has 0 saturated heterocycles. The van der Waals surface area contributed by atoms with Crippen LogP contribution in [0.5, 0.6) is 5.75 Å². The molecule has 21 heavy (non-hydrogen) atoms. The first-order valence-corrected chi connectivity index (χ1v) is 7.26. The molecule has 2 aromatic rings. The van der Waals surface area contributed by atoms with Crippen LogP contribution in [-0.4, -0.2) is 29.0 Å². The molecule has 0 bridgehead atoms. The molecular formula is C17H16ClNO2. The van der Waals surface area contributed by atoms with Crippen molar-refractivity contribution < 1.29 is 9.90 Å². The molecule has 0 spiro atoms.